The SMILES string of the molecule is CCC(C)c1ccc(Oc2cc(C(C)O)ccn2)cc1. The fraction of sp³-hybridized carbons (Fsp3) is 0.353. The van der Waals surface area contributed by atoms with Gasteiger partial charge in [-0.2, -0.15) is 0 Å². The van der Waals surface area contributed by atoms with Crippen LogP contribution in [-0.2, 0) is 0 Å². The van der Waals surface area contributed by atoms with Crippen LogP contribution in [0.2, 0.25) is 0 Å². The highest BCUT2D eigenvalue weighted by molar-refractivity contribution is 5.33. The van der Waals surface area contributed by atoms with E-state index in [9.17, 15) is 5.11 Å². The molecule has 1 aromatic heterocycles. The van der Waals surface area contributed by atoms with Crippen molar-refractivity contribution in [3.63, 3.8) is 0 Å². The fourth-order valence-corrected chi connectivity index (χ4v) is 1.96. The van der Waals surface area contributed by atoms with Crippen molar-refractivity contribution in [1.29, 1.82) is 0 Å². The zero-order valence-electron chi connectivity index (χ0n) is 12.2. The Labute approximate surface area is 120 Å². The maximum atomic E-state index is 9.56. The molecule has 0 amide bonds. The lowest BCUT2D eigenvalue weighted by atomic mass is 9.99. The Morgan fingerprint density at radius 2 is 1.80 bits per heavy atom. The Bertz CT molecular complexity index is 549. The summed E-state index contributed by atoms with van der Waals surface area (Å²) in [5.41, 5.74) is 2.11. The Morgan fingerprint density at radius 1 is 1.10 bits per heavy atom. The predicted octanol–water partition coefficient (Wildman–Crippen LogP) is 4.44. The van der Waals surface area contributed by atoms with Gasteiger partial charge in [0, 0.05) is 12.3 Å². The van der Waals surface area contributed by atoms with E-state index in [4.69, 9.17) is 4.74 Å². The monoisotopic (exact) mass is 271 g/mol. The molecule has 3 nitrogen and oxygen atoms in total. The molecule has 0 spiro atoms. The molecule has 0 radical (unpaired) electrons. The van der Waals surface area contributed by atoms with Crippen LogP contribution in [0.15, 0.2) is 42.6 Å². The number of aromatic nitrogens is 1. The number of ether oxygens (including phenoxy) is 1. The summed E-state index contributed by atoms with van der Waals surface area (Å²) in [7, 11) is 0. The van der Waals surface area contributed by atoms with E-state index >= 15 is 0 Å². The molecule has 1 heterocycles. The largest absolute Gasteiger partial charge is 0.439 e. The molecule has 1 N–H and O–H groups in total. The number of hydrogen-bond donors (Lipinski definition) is 1. The number of hydrogen-bond acceptors (Lipinski definition) is 3. The molecule has 2 rings (SSSR count). The third-order valence-electron chi connectivity index (χ3n) is 3.53. The molecule has 106 valence electrons. The van der Waals surface area contributed by atoms with Crippen molar-refractivity contribution in [2.24, 2.45) is 0 Å². The zero-order chi connectivity index (χ0) is 14.5. The highest BCUT2D eigenvalue weighted by atomic mass is 16.5. The van der Waals surface area contributed by atoms with Gasteiger partial charge in [-0.15, -0.1) is 0 Å². The first-order chi connectivity index (χ1) is 9.60. The van der Waals surface area contributed by atoms with Gasteiger partial charge in [-0.05, 0) is 48.6 Å². The number of aliphatic hydroxyl groups excluding tert-OH is 1. The first-order valence-electron chi connectivity index (χ1n) is 7.02. The van der Waals surface area contributed by atoms with Crippen LogP contribution in [0.4, 0.5) is 0 Å². The minimum absolute atomic E-state index is 0.500. The van der Waals surface area contributed by atoms with Crippen LogP contribution in [0.3, 0.4) is 0 Å². The Hall–Kier alpha value is -1.87. The van der Waals surface area contributed by atoms with E-state index in [0.29, 0.717) is 11.8 Å². The van der Waals surface area contributed by atoms with Crippen molar-refractivity contribution in [1.82, 2.24) is 4.98 Å². The molecule has 3 heteroatoms. The van der Waals surface area contributed by atoms with Gasteiger partial charge in [0.2, 0.25) is 5.88 Å². The molecule has 0 bridgehead atoms. The minimum Gasteiger partial charge on any atom is -0.439 e. The Kier molecular flexibility index (Phi) is 4.74. The van der Waals surface area contributed by atoms with Crippen LogP contribution in [0.5, 0.6) is 11.6 Å². The van der Waals surface area contributed by atoms with E-state index in [-0.39, 0.29) is 0 Å². The normalized spacial score (nSPS) is 13.8. The summed E-state index contributed by atoms with van der Waals surface area (Å²) in [6.45, 7) is 6.12. The molecule has 0 aliphatic heterocycles. The molecule has 0 saturated heterocycles. The van der Waals surface area contributed by atoms with E-state index in [0.717, 1.165) is 17.7 Å². The van der Waals surface area contributed by atoms with E-state index in [2.05, 4.69) is 31.0 Å². The first kappa shape index (κ1) is 14.5. The molecule has 0 aliphatic rings. The van der Waals surface area contributed by atoms with Crippen molar-refractivity contribution in [2.45, 2.75) is 39.2 Å². The van der Waals surface area contributed by atoms with Gasteiger partial charge in [-0.25, -0.2) is 4.98 Å². The van der Waals surface area contributed by atoms with Crippen LogP contribution >= 0.6 is 0 Å². The van der Waals surface area contributed by atoms with Gasteiger partial charge >= 0.3 is 0 Å². The van der Waals surface area contributed by atoms with Crippen molar-refractivity contribution in [3.8, 4) is 11.6 Å². The number of pyridine rings is 1. The number of benzene rings is 1. The first-order valence-corrected chi connectivity index (χ1v) is 7.02. The van der Waals surface area contributed by atoms with Gasteiger partial charge in [0.1, 0.15) is 5.75 Å². The van der Waals surface area contributed by atoms with Crippen LogP contribution in [0.25, 0.3) is 0 Å². The van der Waals surface area contributed by atoms with Gasteiger partial charge in [-0.1, -0.05) is 26.0 Å². The quantitative estimate of drug-likeness (QED) is 0.874. The van der Waals surface area contributed by atoms with Crippen LogP contribution in [0.1, 0.15) is 50.3 Å². The molecule has 2 aromatic rings. The standard InChI is InChI=1S/C17H21NO2/c1-4-12(2)14-5-7-16(8-6-14)20-17-11-15(13(3)19)9-10-18-17/h5-13,19H,4H2,1-3H3. The molecule has 0 saturated carbocycles. The molecule has 0 aliphatic carbocycles. The summed E-state index contributed by atoms with van der Waals surface area (Å²) in [5, 5.41) is 9.56. The van der Waals surface area contributed by atoms with Gasteiger partial charge in [-0.3, -0.25) is 0 Å². The fourth-order valence-electron chi connectivity index (χ4n) is 1.96. The lowest BCUT2D eigenvalue weighted by molar-refractivity contribution is 0.198. The highest BCUT2D eigenvalue weighted by Gasteiger charge is 2.06. The van der Waals surface area contributed by atoms with Gasteiger partial charge < -0.3 is 9.84 Å². The van der Waals surface area contributed by atoms with Gasteiger partial charge in [0.15, 0.2) is 0 Å². The van der Waals surface area contributed by atoms with Crippen LogP contribution in [0, 0.1) is 0 Å². The average Bonchev–Trinajstić information content (AvgIpc) is 2.47. The molecule has 2 atom stereocenters. The smallest absolute Gasteiger partial charge is 0.219 e. The second kappa shape index (κ2) is 6.53. The second-order valence-electron chi connectivity index (χ2n) is 5.08. The average molecular weight is 271 g/mol. The maximum Gasteiger partial charge on any atom is 0.219 e. The Balaban J connectivity index is 2.12. The number of rotatable bonds is 5. The second-order valence-corrected chi connectivity index (χ2v) is 5.08. The zero-order valence-corrected chi connectivity index (χ0v) is 12.2. The topological polar surface area (TPSA) is 42.4 Å². The van der Waals surface area contributed by atoms with E-state index in [1.54, 1.807) is 25.3 Å². The van der Waals surface area contributed by atoms with Crippen molar-refractivity contribution in [2.75, 3.05) is 0 Å². The highest BCUT2D eigenvalue weighted by Crippen LogP contribution is 2.25. The summed E-state index contributed by atoms with van der Waals surface area (Å²) in [6, 6.07) is 11.6. The minimum atomic E-state index is -0.520. The predicted molar refractivity (Wildman–Crippen MR) is 80.1 cm³/mol. The van der Waals surface area contributed by atoms with Gasteiger partial charge in [0.25, 0.3) is 0 Å². The number of nitrogens with zero attached hydrogens (tertiary/aromatic N) is 1. The molecular formula is C17H21NO2. The lowest BCUT2D eigenvalue weighted by Gasteiger charge is -2.11. The number of aliphatic hydroxyl groups is 1. The van der Waals surface area contributed by atoms with E-state index in [1.165, 1.54) is 5.56 Å². The molecule has 0 fully saturated rings. The summed E-state index contributed by atoms with van der Waals surface area (Å²) >= 11 is 0. The van der Waals surface area contributed by atoms with Crippen LogP contribution < -0.4 is 4.74 Å². The maximum absolute atomic E-state index is 9.56. The van der Waals surface area contributed by atoms with Crippen LogP contribution in [-0.4, -0.2) is 10.1 Å². The molecule has 1 aromatic carbocycles. The summed E-state index contributed by atoms with van der Waals surface area (Å²) in [4.78, 5) is 4.16. The van der Waals surface area contributed by atoms with Crippen molar-refractivity contribution >= 4 is 0 Å². The van der Waals surface area contributed by atoms with Crippen molar-refractivity contribution in [3.05, 3.63) is 53.7 Å². The van der Waals surface area contributed by atoms with Crippen molar-refractivity contribution < 1.29 is 9.84 Å². The third kappa shape index (κ3) is 3.58. The summed E-state index contributed by atoms with van der Waals surface area (Å²) in [6.07, 6.45) is 2.25. The Morgan fingerprint density at radius 3 is 2.40 bits per heavy atom. The lowest BCUT2D eigenvalue weighted by Crippen LogP contribution is -1.95. The molecular weight excluding hydrogens is 250 g/mol. The van der Waals surface area contributed by atoms with E-state index in [1.807, 2.05) is 12.1 Å². The third-order valence-corrected chi connectivity index (χ3v) is 3.53. The van der Waals surface area contributed by atoms with Gasteiger partial charge in [0.05, 0.1) is 6.10 Å². The van der Waals surface area contributed by atoms with E-state index < -0.39 is 6.10 Å². The summed E-state index contributed by atoms with van der Waals surface area (Å²) in [5.74, 6) is 1.81. The molecule has 20 heavy (non-hydrogen) atoms. The summed E-state index contributed by atoms with van der Waals surface area (Å²) < 4.78 is 5.72. The molecule has 2 unspecified atom stereocenters.